The van der Waals surface area contributed by atoms with Gasteiger partial charge in [-0.05, 0) is 25.1 Å². The van der Waals surface area contributed by atoms with Crippen molar-refractivity contribution in [1.29, 1.82) is 0 Å². The Labute approximate surface area is 87.8 Å². The normalized spacial score (nSPS) is 9.93. The van der Waals surface area contributed by atoms with Crippen molar-refractivity contribution in [2.24, 2.45) is 0 Å². The zero-order valence-corrected chi connectivity index (χ0v) is 8.45. The molecule has 2 N–H and O–H groups in total. The van der Waals surface area contributed by atoms with Crippen LogP contribution in [0.2, 0.25) is 0 Å². The summed E-state index contributed by atoms with van der Waals surface area (Å²) in [6, 6.07) is 13.4. The number of hydrogen-bond acceptors (Lipinski definition) is 2. The quantitative estimate of drug-likeness (QED) is 0.782. The maximum atomic E-state index is 11.3. The first-order valence-electron chi connectivity index (χ1n) is 4.78. The Bertz CT molecular complexity index is 503. The molecule has 0 unspecified atom stereocenters. The van der Waals surface area contributed by atoms with Crippen molar-refractivity contribution in [3.8, 4) is 0 Å². The SMILES string of the molecule is Cc1ccc(Nc2ccccc2)[nH]c1=O. The Hall–Kier alpha value is -2.03. The number of aryl methyl sites for hydroxylation is 1. The standard InChI is InChI=1S/C12H12N2O/c1-9-7-8-11(14-12(9)15)13-10-5-3-2-4-6-10/h2-8H,1H3,(H2,13,14,15). The van der Waals surface area contributed by atoms with Gasteiger partial charge in [0.2, 0.25) is 0 Å². The van der Waals surface area contributed by atoms with Crippen LogP contribution in [0.3, 0.4) is 0 Å². The summed E-state index contributed by atoms with van der Waals surface area (Å²) in [4.78, 5) is 14.1. The van der Waals surface area contributed by atoms with E-state index in [1.807, 2.05) is 36.4 Å². The van der Waals surface area contributed by atoms with Gasteiger partial charge in [0.1, 0.15) is 5.82 Å². The van der Waals surface area contributed by atoms with Gasteiger partial charge in [-0.15, -0.1) is 0 Å². The molecule has 0 radical (unpaired) electrons. The Morgan fingerprint density at radius 3 is 2.47 bits per heavy atom. The van der Waals surface area contributed by atoms with E-state index in [0.717, 1.165) is 5.69 Å². The summed E-state index contributed by atoms with van der Waals surface area (Å²) in [5.74, 6) is 0.705. The predicted octanol–water partition coefficient (Wildman–Crippen LogP) is 2.43. The van der Waals surface area contributed by atoms with Crippen molar-refractivity contribution in [3.05, 3.63) is 58.4 Å². The first-order valence-corrected chi connectivity index (χ1v) is 4.78. The van der Waals surface area contributed by atoms with E-state index in [1.165, 1.54) is 0 Å². The minimum absolute atomic E-state index is 0.0593. The molecule has 0 amide bonds. The lowest BCUT2D eigenvalue weighted by Crippen LogP contribution is -2.10. The second-order valence-electron chi connectivity index (χ2n) is 3.38. The van der Waals surface area contributed by atoms with Crippen LogP contribution in [0, 0.1) is 6.92 Å². The van der Waals surface area contributed by atoms with Crippen molar-refractivity contribution in [2.45, 2.75) is 6.92 Å². The smallest absolute Gasteiger partial charge is 0.252 e. The number of benzene rings is 1. The van der Waals surface area contributed by atoms with E-state index in [0.29, 0.717) is 11.4 Å². The van der Waals surface area contributed by atoms with Gasteiger partial charge in [0.05, 0.1) is 0 Å². The molecule has 0 aliphatic heterocycles. The highest BCUT2D eigenvalue weighted by Crippen LogP contribution is 2.11. The van der Waals surface area contributed by atoms with Crippen LogP contribution in [0.5, 0.6) is 0 Å². The summed E-state index contributed by atoms with van der Waals surface area (Å²) < 4.78 is 0. The Morgan fingerprint density at radius 1 is 1.07 bits per heavy atom. The number of anilines is 2. The van der Waals surface area contributed by atoms with Crippen LogP contribution in [0.15, 0.2) is 47.3 Å². The first-order chi connectivity index (χ1) is 7.25. The maximum Gasteiger partial charge on any atom is 0.252 e. The number of pyridine rings is 1. The topological polar surface area (TPSA) is 44.9 Å². The third-order valence-corrected chi connectivity index (χ3v) is 2.16. The number of hydrogen-bond donors (Lipinski definition) is 2. The summed E-state index contributed by atoms with van der Waals surface area (Å²) in [6.45, 7) is 1.78. The number of aromatic amines is 1. The van der Waals surface area contributed by atoms with E-state index in [9.17, 15) is 4.79 Å². The average molecular weight is 200 g/mol. The summed E-state index contributed by atoms with van der Waals surface area (Å²) >= 11 is 0. The van der Waals surface area contributed by atoms with Gasteiger partial charge in [-0.1, -0.05) is 24.3 Å². The molecule has 15 heavy (non-hydrogen) atoms. The molecule has 0 saturated carbocycles. The number of H-pyrrole nitrogens is 1. The molecule has 0 aliphatic rings. The second-order valence-corrected chi connectivity index (χ2v) is 3.38. The molecule has 1 aromatic heterocycles. The van der Waals surface area contributed by atoms with Crippen molar-refractivity contribution in [2.75, 3.05) is 5.32 Å². The van der Waals surface area contributed by atoms with Crippen LogP contribution in [-0.4, -0.2) is 4.98 Å². The summed E-state index contributed by atoms with van der Waals surface area (Å²) in [7, 11) is 0. The van der Waals surface area contributed by atoms with Crippen molar-refractivity contribution < 1.29 is 0 Å². The lowest BCUT2D eigenvalue weighted by atomic mass is 10.3. The van der Waals surface area contributed by atoms with Gasteiger partial charge in [-0.2, -0.15) is 0 Å². The fourth-order valence-electron chi connectivity index (χ4n) is 1.30. The molecule has 0 spiro atoms. The molecule has 0 saturated heterocycles. The number of nitrogens with one attached hydrogen (secondary N) is 2. The molecule has 1 heterocycles. The fourth-order valence-corrected chi connectivity index (χ4v) is 1.30. The molecule has 0 bridgehead atoms. The number of rotatable bonds is 2. The van der Waals surface area contributed by atoms with Crippen molar-refractivity contribution in [3.63, 3.8) is 0 Å². The van der Waals surface area contributed by atoms with Gasteiger partial charge in [0.15, 0.2) is 0 Å². The van der Waals surface area contributed by atoms with Crippen LogP contribution < -0.4 is 10.9 Å². The van der Waals surface area contributed by atoms with Gasteiger partial charge in [-0.25, -0.2) is 0 Å². The van der Waals surface area contributed by atoms with E-state index in [2.05, 4.69) is 10.3 Å². The van der Waals surface area contributed by atoms with Gasteiger partial charge < -0.3 is 10.3 Å². The van der Waals surface area contributed by atoms with Crippen LogP contribution in [0.4, 0.5) is 11.5 Å². The van der Waals surface area contributed by atoms with Crippen molar-refractivity contribution in [1.82, 2.24) is 4.98 Å². The second kappa shape index (κ2) is 4.00. The molecular weight excluding hydrogens is 188 g/mol. The monoisotopic (exact) mass is 200 g/mol. The Kier molecular flexibility index (Phi) is 2.54. The highest BCUT2D eigenvalue weighted by atomic mass is 16.1. The Balaban J connectivity index is 2.26. The zero-order valence-electron chi connectivity index (χ0n) is 8.45. The molecule has 1 aromatic carbocycles. The van der Waals surface area contributed by atoms with E-state index >= 15 is 0 Å². The summed E-state index contributed by atoms with van der Waals surface area (Å²) in [5, 5.41) is 3.12. The molecule has 2 rings (SSSR count). The van der Waals surface area contributed by atoms with Crippen LogP contribution in [0.25, 0.3) is 0 Å². The molecule has 0 atom stereocenters. The van der Waals surface area contributed by atoms with Gasteiger partial charge >= 0.3 is 0 Å². The third kappa shape index (κ3) is 2.26. The van der Waals surface area contributed by atoms with Crippen LogP contribution >= 0.6 is 0 Å². The van der Waals surface area contributed by atoms with Crippen LogP contribution in [-0.2, 0) is 0 Å². The number of para-hydroxylation sites is 1. The van der Waals surface area contributed by atoms with Crippen molar-refractivity contribution >= 4 is 11.5 Å². The van der Waals surface area contributed by atoms with E-state index in [4.69, 9.17) is 0 Å². The number of aromatic nitrogens is 1. The largest absolute Gasteiger partial charge is 0.342 e. The van der Waals surface area contributed by atoms with E-state index in [1.54, 1.807) is 13.0 Å². The molecular formula is C12H12N2O. The molecule has 3 heteroatoms. The maximum absolute atomic E-state index is 11.3. The summed E-state index contributed by atoms with van der Waals surface area (Å²) in [6.07, 6.45) is 0. The highest BCUT2D eigenvalue weighted by molar-refractivity contribution is 5.55. The Morgan fingerprint density at radius 2 is 1.80 bits per heavy atom. The average Bonchev–Trinajstić information content (AvgIpc) is 2.25. The minimum atomic E-state index is -0.0593. The van der Waals surface area contributed by atoms with Crippen LogP contribution in [0.1, 0.15) is 5.56 Å². The first kappa shape index (κ1) is 9.52. The minimum Gasteiger partial charge on any atom is -0.342 e. The predicted molar refractivity (Wildman–Crippen MR) is 61.5 cm³/mol. The van der Waals surface area contributed by atoms with Gasteiger partial charge in [0, 0.05) is 11.3 Å². The molecule has 76 valence electrons. The zero-order chi connectivity index (χ0) is 10.7. The summed E-state index contributed by atoms with van der Waals surface area (Å²) in [5.41, 5.74) is 1.61. The van der Waals surface area contributed by atoms with Gasteiger partial charge in [0.25, 0.3) is 5.56 Å². The molecule has 2 aromatic rings. The molecule has 0 fully saturated rings. The third-order valence-electron chi connectivity index (χ3n) is 2.16. The lowest BCUT2D eigenvalue weighted by molar-refractivity contribution is 1.18. The molecule has 3 nitrogen and oxygen atoms in total. The molecule has 0 aliphatic carbocycles. The lowest BCUT2D eigenvalue weighted by Gasteiger charge is -2.05. The highest BCUT2D eigenvalue weighted by Gasteiger charge is 1.96. The van der Waals surface area contributed by atoms with Gasteiger partial charge in [-0.3, -0.25) is 4.79 Å². The fraction of sp³-hybridized carbons (Fsp3) is 0.0833. The van der Waals surface area contributed by atoms with E-state index < -0.39 is 0 Å². The van der Waals surface area contributed by atoms with E-state index in [-0.39, 0.29) is 5.56 Å².